The molecular formula is C19H20BrNO4. The van der Waals surface area contributed by atoms with Crippen LogP contribution < -0.4 is 10.1 Å². The molecule has 6 heteroatoms. The van der Waals surface area contributed by atoms with E-state index >= 15 is 0 Å². The van der Waals surface area contributed by atoms with Crippen molar-refractivity contribution < 1.29 is 19.1 Å². The van der Waals surface area contributed by atoms with Gasteiger partial charge in [0.1, 0.15) is 5.75 Å². The minimum atomic E-state index is -0.408. The number of amides is 1. The molecular weight excluding hydrogens is 386 g/mol. The number of aryl methyl sites for hydroxylation is 2. The number of benzene rings is 2. The molecule has 1 amide bonds. The quantitative estimate of drug-likeness (QED) is 0.709. The van der Waals surface area contributed by atoms with E-state index in [1.165, 1.54) is 0 Å². The van der Waals surface area contributed by atoms with Gasteiger partial charge in [-0.15, -0.1) is 0 Å². The van der Waals surface area contributed by atoms with E-state index in [2.05, 4.69) is 21.2 Å². The van der Waals surface area contributed by atoms with Gasteiger partial charge in [-0.2, -0.15) is 0 Å². The third-order valence-electron chi connectivity index (χ3n) is 3.54. The molecule has 0 aliphatic carbocycles. The molecule has 0 heterocycles. The summed E-state index contributed by atoms with van der Waals surface area (Å²) in [6, 6.07) is 13.1. The number of ether oxygens (including phenoxy) is 2. The SMILES string of the molecule is COc1ccc(CCC(=O)OCC(=O)Nc2ccc(C)cc2Br)cc1. The van der Waals surface area contributed by atoms with Crippen LogP contribution >= 0.6 is 15.9 Å². The molecule has 132 valence electrons. The summed E-state index contributed by atoms with van der Waals surface area (Å²) in [4.78, 5) is 23.6. The van der Waals surface area contributed by atoms with Gasteiger partial charge in [0.05, 0.1) is 12.8 Å². The highest BCUT2D eigenvalue weighted by Crippen LogP contribution is 2.23. The first-order valence-electron chi connectivity index (χ1n) is 7.82. The molecule has 0 radical (unpaired) electrons. The maximum atomic E-state index is 11.9. The number of anilines is 1. The van der Waals surface area contributed by atoms with Crippen LogP contribution in [0.1, 0.15) is 17.5 Å². The number of carbonyl (C=O) groups is 2. The Morgan fingerprint density at radius 3 is 2.48 bits per heavy atom. The second-order valence-electron chi connectivity index (χ2n) is 5.54. The number of carbonyl (C=O) groups excluding carboxylic acids is 2. The molecule has 0 fully saturated rings. The van der Waals surface area contributed by atoms with E-state index in [1.54, 1.807) is 13.2 Å². The third kappa shape index (κ3) is 6.23. The summed E-state index contributed by atoms with van der Waals surface area (Å²) in [6.45, 7) is 1.66. The van der Waals surface area contributed by atoms with Crippen molar-refractivity contribution in [3.8, 4) is 5.75 Å². The summed E-state index contributed by atoms with van der Waals surface area (Å²) in [6.07, 6.45) is 0.766. The molecule has 0 spiro atoms. The Morgan fingerprint density at radius 2 is 1.84 bits per heavy atom. The number of hydrogen-bond acceptors (Lipinski definition) is 4. The molecule has 0 unspecified atom stereocenters. The molecule has 2 aromatic rings. The lowest BCUT2D eigenvalue weighted by molar-refractivity contribution is -0.147. The van der Waals surface area contributed by atoms with Crippen molar-refractivity contribution >= 4 is 33.5 Å². The fourth-order valence-corrected chi connectivity index (χ4v) is 2.76. The number of hydrogen-bond donors (Lipinski definition) is 1. The number of halogens is 1. The minimum Gasteiger partial charge on any atom is -0.497 e. The van der Waals surface area contributed by atoms with Gasteiger partial charge in [0.2, 0.25) is 0 Å². The Labute approximate surface area is 155 Å². The van der Waals surface area contributed by atoms with Gasteiger partial charge < -0.3 is 14.8 Å². The second kappa shape index (κ2) is 9.22. The van der Waals surface area contributed by atoms with Crippen LogP contribution in [0.3, 0.4) is 0 Å². The van der Waals surface area contributed by atoms with E-state index in [0.717, 1.165) is 21.3 Å². The van der Waals surface area contributed by atoms with Gasteiger partial charge in [0, 0.05) is 10.9 Å². The summed E-state index contributed by atoms with van der Waals surface area (Å²) in [7, 11) is 1.60. The molecule has 0 aliphatic rings. The Kier molecular flexibility index (Phi) is 7.01. The van der Waals surface area contributed by atoms with Gasteiger partial charge in [-0.3, -0.25) is 9.59 Å². The first-order valence-corrected chi connectivity index (χ1v) is 8.62. The number of esters is 1. The van der Waals surface area contributed by atoms with Crippen molar-refractivity contribution in [3.05, 3.63) is 58.1 Å². The maximum absolute atomic E-state index is 11.9. The van der Waals surface area contributed by atoms with Gasteiger partial charge >= 0.3 is 5.97 Å². The van der Waals surface area contributed by atoms with Crippen molar-refractivity contribution in [1.29, 1.82) is 0 Å². The predicted octanol–water partition coefficient (Wildman–Crippen LogP) is 3.88. The largest absolute Gasteiger partial charge is 0.497 e. The van der Waals surface area contributed by atoms with Crippen molar-refractivity contribution in [2.45, 2.75) is 19.8 Å². The first kappa shape index (κ1) is 19.0. The van der Waals surface area contributed by atoms with E-state index in [1.807, 2.05) is 43.3 Å². The van der Waals surface area contributed by atoms with Gasteiger partial charge in [-0.05, 0) is 64.7 Å². The highest BCUT2D eigenvalue weighted by molar-refractivity contribution is 9.10. The summed E-state index contributed by atoms with van der Waals surface area (Å²) >= 11 is 3.39. The Bertz CT molecular complexity index is 744. The number of methoxy groups -OCH3 is 1. The standard InChI is InChI=1S/C19H20BrNO4/c1-13-3-9-17(16(20)11-13)21-18(22)12-25-19(23)10-6-14-4-7-15(24-2)8-5-14/h3-5,7-9,11H,6,10,12H2,1-2H3,(H,21,22). The zero-order valence-corrected chi connectivity index (χ0v) is 15.8. The van der Waals surface area contributed by atoms with Crippen molar-refractivity contribution in [3.63, 3.8) is 0 Å². The molecule has 0 aromatic heterocycles. The molecule has 0 atom stereocenters. The van der Waals surface area contributed by atoms with Crippen LogP contribution in [0.25, 0.3) is 0 Å². The maximum Gasteiger partial charge on any atom is 0.306 e. The fourth-order valence-electron chi connectivity index (χ4n) is 2.16. The van der Waals surface area contributed by atoms with Crippen molar-refractivity contribution in [2.75, 3.05) is 19.0 Å². The monoisotopic (exact) mass is 405 g/mol. The average Bonchev–Trinajstić information content (AvgIpc) is 2.61. The molecule has 5 nitrogen and oxygen atoms in total. The zero-order valence-electron chi connectivity index (χ0n) is 14.2. The summed E-state index contributed by atoms with van der Waals surface area (Å²) in [5, 5.41) is 2.70. The Hall–Kier alpha value is -2.34. The third-order valence-corrected chi connectivity index (χ3v) is 4.20. The van der Waals surface area contributed by atoms with Crippen LogP contribution in [0.2, 0.25) is 0 Å². The van der Waals surface area contributed by atoms with Crippen LogP contribution in [0.15, 0.2) is 46.9 Å². The predicted molar refractivity (Wildman–Crippen MR) is 99.8 cm³/mol. The summed E-state index contributed by atoms with van der Waals surface area (Å²) < 4.78 is 10.9. The number of rotatable bonds is 7. The van der Waals surface area contributed by atoms with Crippen LogP contribution in [-0.4, -0.2) is 25.6 Å². The minimum absolute atomic E-state index is 0.216. The molecule has 0 aliphatic heterocycles. The topological polar surface area (TPSA) is 64.6 Å². The highest BCUT2D eigenvalue weighted by Gasteiger charge is 2.10. The molecule has 0 saturated heterocycles. The van der Waals surface area contributed by atoms with E-state index in [0.29, 0.717) is 12.1 Å². The molecule has 25 heavy (non-hydrogen) atoms. The van der Waals surface area contributed by atoms with E-state index < -0.39 is 5.97 Å². The van der Waals surface area contributed by atoms with Gasteiger partial charge in [0.25, 0.3) is 5.91 Å². The van der Waals surface area contributed by atoms with Crippen LogP contribution in [0.5, 0.6) is 5.75 Å². The van der Waals surface area contributed by atoms with Crippen LogP contribution in [-0.2, 0) is 20.7 Å². The summed E-state index contributed by atoms with van der Waals surface area (Å²) in [5.41, 5.74) is 2.73. The van der Waals surface area contributed by atoms with Crippen molar-refractivity contribution in [1.82, 2.24) is 0 Å². The Balaban J connectivity index is 1.74. The smallest absolute Gasteiger partial charge is 0.306 e. The highest BCUT2D eigenvalue weighted by atomic mass is 79.9. The lowest BCUT2D eigenvalue weighted by Gasteiger charge is -2.09. The van der Waals surface area contributed by atoms with E-state index in [4.69, 9.17) is 9.47 Å². The average molecular weight is 406 g/mol. The molecule has 0 bridgehead atoms. The molecule has 1 N–H and O–H groups in total. The first-order chi connectivity index (χ1) is 12.0. The molecule has 0 saturated carbocycles. The summed E-state index contributed by atoms with van der Waals surface area (Å²) in [5.74, 6) is -0.0124. The van der Waals surface area contributed by atoms with Crippen LogP contribution in [0, 0.1) is 6.92 Å². The fraction of sp³-hybridized carbons (Fsp3) is 0.263. The van der Waals surface area contributed by atoms with Gasteiger partial charge in [-0.25, -0.2) is 0 Å². The second-order valence-corrected chi connectivity index (χ2v) is 6.39. The van der Waals surface area contributed by atoms with E-state index in [-0.39, 0.29) is 18.9 Å². The van der Waals surface area contributed by atoms with Crippen LogP contribution in [0.4, 0.5) is 5.69 Å². The normalized spacial score (nSPS) is 10.2. The van der Waals surface area contributed by atoms with Gasteiger partial charge in [0.15, 0.2) is 6.61 Å². The lowest BCUT2D eigenvalue weighted by Crippen LogP contribution is -2.21. The number of nitrogens with one attached hydrogen (secondary N) is 1. The van der Waals surface area contributed by atoms with E-state index in [9.17, 15) is 9.59 Å². The van der Waals surface area contributed by atoms with Gasteiger partial charge in [-0.1, -0.05) is 18.2 Å². The lowest BCUT2D eigenvalue weighted by atomic mass is 10.1. The molecule has 2 aromatic carbocycles. The zero-order chi connectivity index (χ0) is 18.2. The molecule has 2 rings (SSSR count). The Morgan fingerprint density at radius 1 is 1.12 bits per heavy atom. The van der Waals surface area contributed by atoms with Crippen molar-refractivity contribution in [2.24, 2.45) is 0 Å².